The zero-order valence-electron chi connectivity index (χ0n) is 13.2. The molecule has 1 aliphatic heterocycles. The van der Waals surface area contributed by atoms with Gasteiger partial charge >= 0.3 is 0 Å². The smallest absolute Gasteiger partial charge is 0.225 e. The zero-order chi connectivity index (χ0) is 16.9. The molecule has 0 atom stereocenters. The van der Waals surface area contributed by atoms with Crippen LogP contribution in [-0.2, 0) is 16.0 Å². The number of aromatic nitrogens is 2. The Balaban J connectivity index is 1.51. The van der Waals surface area contributed by atoms with E-state index < -0.39 is 0 Å². The minimum Gasteiger partial charge on any atom is -0.506 e. The molecule has 1 fully saturated rings. The summed E-state index contributed by atoms with van der Waals surface area (Å²) in [4.78, 5) is 12.1. The number of hydrogen-bond acceptors (Lipinski definition) is 4. The van der Waals surface area contributed by atoms with Crippen molar-refractivity contribution in [3.63, 3.8) is 0 Å². The van der Waals surface area contributed by atoms with E-state index in [1.54, 1.807) is 12.1 Å². The maximum atomic E-state index is 12.1. The number of nitrogens with one attached hydrogen (secondary N) is 2. The lowest BCUT2D eigenvalue weighted by atomic mass is 9.97. The first-order valence-electron chi connectivity index (χ1n) is 8.02. The van der Waals surface area contributed by atoms with Crippen LogP contribution in [0.15, 0.2) is 24.3 Å². The van der Waals surface area contributed by atoms with Crippen LogP contribution in [-0.4, -0.2) is 34.4 Å². The Morgan fingerprint density at radius 1 is 1.38 bits per heavy atom. The van der Waals surface area contributed by atoms with Gasteiger partial charge in [-0.15, -0.1) is 0 Å². The Hall–Kier alpha value is -2.05. The van der Waals surface area contributed by atoms with Crippen molar-refractivity contribution in [3.8, 4) is 5.75 Å². The Morgan fingerprint density at radius 3 is 2.92 bits per heavy atom. The van der Waals surface area contributed by atoms with Crippen molar-refractivity contribution in [3.05, 3.63) is 40.5 Å². The third-order valence-corrected chi connectivity index (χ3v) is 4.48. The summed E-state index contributed by atoms with van der Waals surface area (Å²) in [6, 6.07) is 6.85. The normalized spacial score (nSPS) is 15.4. The van der Waals surface area contributed by atoms with Crippen molar-refractivity contribution in [1.82, 2.24) is 10.2 Å². The summed E-state index contributed by atoms with van der Waals surface area (Å²) in [6.07, 6.45) is 2.80. The van der Waals surface area contributed by atoms with Crippen molar-refractivity contribution in [2.24, 2.45) is 0 Å². The molecule has 0 bridgehead atoms. The molecule has 1 saturated heterocycles. The van der Waals surface area contributed by atoms with Crippen LogP contribution in [0.1, 0.15) is 36.4 Å². The van der Waals surface area contributed by atoms with Gasteiger partial charge in [-0.2, -0.15) is 5.10 Å². The fraction of sp³-hybridized carbons (Fsp3) is 0.412. The molecule has 0 unspecified atom stereocenters. The molecule has 24 heavy (non-hydrogen) atoms. The van der Waals surface area contributed by atoms with Crippen LogP contribution in [0.3, 0.4) is 0 Å². The summed E-state index contributed by atoms with van der Waals surface area (Å²) >= 11 is 5.86. The predicted octanol–water partition coefficient (Wildman–Crippen LogP) is 3.23. The third-order valence-electron chi connectivity index (χ3n) is 4.18. The van der Waals surface area contributed by atoms with E-state index in [-0.39, 0.29) is 11.7 Å². The lowest BCUT2D eigenvalue weighted by Crippen LogP contribution is -2.14. The van der Waals surface area contributed by atoms with E-state index in [1.807, 2.05) is 6.07 Å². The molecule has 0 spiro atoms. The number of phenolic OH excluding ortho intramolecular Hbond substituents is 1. The highest BCUT2D eigenvalue weighted by Crippen LogP contribution is 2.27. The van der Waals surface area contributed by atoms with Gasteiger partial charge in [0.05, 0.1) is 5.02 Å². The van der Waals surface area contributed by atoms with E-state index in [2.05, 4.69) is 15.5 Å². The number of amides is 1. The van der Waals surface area contributed by atoms with Crippen LogP contribution < -0.4 is 5.32 Å². The average molecular weight is 350 g/mol. The summed E-state index contributed by atoms with van der Waals surface area (Å²) in [5.74, 6) is 0.896. The first kappa shape index (κ1) is 16.8. The Kier molecular flexibility index (Phi) is 5.37. The number of nitrogens with zero attached hydrogens (tertiary/aromatic N) is 1. The Labute approximate surface area is 145 Å². The van der Waals surface area contributed by atoms with Gasteiger partial charge < -0.3 is 15.2 Å². The van der Waals surface area contributed by atoms with Gasteiger partial charge in [0.2, 0.25) is 5.91 Å². The molecule has 6 nitrogen and oxygen atoms in total. The maximum absolute atomic E-state index is 12.1. The van der Waals surface area contributed by atoms with E-state index in [0.29, 0.717) is 29.6 Å². The lowest BCUT2D eigenvalue weighted by molar-refractivity contribution is -0.116. The number of ether oxygens (including phenoxy) is 1. The fourth-order valence-corrected chi connectivity index (χ4v) is 2.99. The van der Waals surface area contributed by atoms with Gasteiger partial charge in [0, 0.05) is 37.3 Å². The number of aryl methyl sites for hydroxylation is 1. The minimum absolute atomic E-state index is 0.0435. The van der Waals surface area contributed by atoms with Gasteiger partial charge in [0.1, 0.15) is 5.75 Å². The van der Waals surface area contributed by atoms with Gasteiger partial charge in [-0.05, 0) is 37.0 Å². The van der Waals surface area contributed by atoms with Crippen LogP contribution in [0.25, 0.3) is 0 Å². The predicted molar refractivity (Wildman–Crippen MR) is 91.4 cm³/mol. The van der Waals surface area contributed by atoms with Gasteiger partial charge in [-0.3, -0.25) is 9.89 Å². The van der Waals surface area contributed by atoms with Crippen molar-refractivity contribution in [2.75, 3.05) is 18.5 Å². The van der Waals surface area contributed by atoms with E-state index >= 15 is 0 Å². The second-order valence-corrected chi connectivity index (χ2v) is 6.34. The van der Waals surface area contributed by atoms with Gasteiger partial charge in [0.25, 0.3) is 0 Å². The number of rotatable bonds is 5. The van der Waals surface area contributed by atoms with Crippen molar-refractivity contribution < 1.29 is 14.6 Å². The van der Waals surface area contributed by atoms with Gasteiger partial charge in [-0.25, -0.2) is 0 Å². The first-order chi connectivity index (χ1) is 11.6. The molecule has 2 aromatic rings. The highest BCUT2D eigenvalue weighted by molar-refractivity contribution is 6.32. The van der Waals surface area contributed by atoms with Crippen LogP contribution >= 0.6 is 11.6 Å². The second-order valence-electron chi connectivity index (χ2n) is 5.93. The maximum Gasteiger partial charge on any atom is 0.225 e. The van der Waals surface area contributed by atoms with Crippen LogP contribution in [0.2, 0.25) is 5.02 Å². The summed E-state index contributed by atoms with van der Waals surface area (Å²) in [5, 5.41) is 19.7. The molecule has 1 aromatic heterocycles. The van der Waals surface area contributed by atoms with E-state index in [4.69, 9.17) is 16.3 Å². The summed E-state index contributed by atoms with van der Waals surface area (Å²) < 4.78 is 5.35. The largest absolute Gasteiger partial charge is 0.506 e. The van der Waals surface area contributed by atoms with Gasteiger partial charge in [0.15, 0.2) is 5.82 Å². The molecule has 1 amide bonds. The van der Waals surface area contributed by atoms with Crippen molar-refractivity contribution in [1.29, 1.82) is 0 Å². The van der Waals surface area contributed by atoms with Crippen molar-refractivity contribution >= 4 is 23.3 Å². The highest BCUT2D eigenvalue weighted by Gasteiger charge is 2.18. The van der Waals surface area contributed by atoms with E-state index in [9.17, 15) is 9.90 Å². The van der Waals surface area contributed by atoms with E-state index in [1.165, 1.54) is 6.07 Å². The molecule has 0 radical (unpaired) electrons. The molecule has 0 aliphatic carbocycles. The SMILES string of the molecule is O=C(CCc1ccc(O)c(Cl)c1)Nc1cc(C2CCOCC2)[nH]n1. The molecule has 3 N–H and O–H groups in total. The number of phenols is 1. The van der Waals surface area contributed by atoms with E-state index in [0.717, 1.165) is 37.3 Å². The standard InChI is InChI=1S/C17H20ClN3O3/c18-13-9-11(1-3-15(13)22)2-4-17(23)19-16-10-14(20-21-16)12-5-7-24-8-6-12/h1,3,9-10,12,22H,2,4-8H2,(H2,19,20,21,23). The minimum atomic E-state index is -0.107. The average Bonchev–Trinajstić information content (AvgIpc) is 3.05. The van der Waals surface area contributed by atoms with Crippen LogP contribution in [0, 0.1) is 0 Å². The third kappa shape index (κ3) is 4.27. The number of aromatic hydroxyl groups is 1. The zero-order valence-corrected chi connectivity index (χ0v) is 14.0. The Morgan fingerprint density at radius 2 is 2.17 bits per heavy atom. The van der Waals surface area contributed by atoms with Gasteiger partial charge in [-0.1, -0.05) is 17.7 Å². The summed E-state index contributed by atoms with van der Waals surface area (Å²) in [5.41, 5.74) is 1.94. The number of benzene rings is 1. The lowest BCUT2D eigenvalue weighted by Gasteiger charge is -2.20. The number of halogens is 1. The Bertz CT molecular complexity index is 711. The van der Waals surface area contributed by atoms with Crippen molar-refractivity contribution in [2.45, 2.75) is 31.6 Å². The summed E-state index contributed by atoms with van der Waals surface area (Å²) in [6.45, 7) is 1.53. The number of H-pyrrole nitrogens is 1. The second kappa shape index (κ2) is 7.68. The summed E-state index contributed by atoms with van der Waals surface area (Å²) in [7, 11) is 0. The molecule has 1 aliphatic rings. The molecule has 3 rings (SSSR count). The molecule has 1 aromatic carbocycles. The number of aromatic amines is 1. The number of carbonyl (C=O) groups is 1. The number of anilines is 1. The first-order valence-corrected chi connectivity index (χ1v) is 8.40. The monoisotopic (exact) mass is 349 g/mol. The number of hydrogen-bond donors (Lipinski definition) is 3. The molecular formula is C17H20ClN3O3. The van der Waals surface area contributed by atoms with Crippen LogP contribution in [0.4, 0.5) is 5.82 Å². The number of carbonyl (C=O) groups excluding carboxylic acids is 1. The quantitative estimate of drug-likeness (QED) is 0.773. The van der Waals surface area contributed by atoms with Crippen LogP contribution in [0.5, 0.6) is 5.75 Å². The molecule has 2 heterocycles. The molecule has 7 heteroatoms. The highest BCUT2D eigenvalue weighted by atomic mass is 35.5. The molecular weight excluding hydrogens is 330 g/mol. The molecule has 128 valence electrons. The molecule has 0 saturated carbocycles. The topological polar surface area (TPSA) is 87.2 Å². The fourth-order valence-electron chi connectivity index (χ4n) is 2.79.